The van der Waals surface area contributed by atoms with Gasteiger partial charge < -0.3 is 14.6 Å². The highest BCUT2D eigenvalue weighted by Gasteiger charge is 2.14. The number of nitrogens with one attached hydrogen (secondary N) is 1. The Morgan fingerprint density at radius 3 is 3.10 bits per heavy atom. The number of aryl methyl sites for hydroxylation is 1. The Bertz CT molecular complexity index is 558. The Morgan fingerprint density at radius 2 is 2.30 bits per heavy atom. The second-order valence-corrected chi connectivity index (χ2v) is 5.46. The third-order valence-electron chi connectivity index (χ3n) is 4.02. The molecule has 1 N–H and O–H groups in total. The summed E-state index contributed by atoms with van der Waals surface area (Å²) in [4.78, 5) is 4.70. The molecule has 1 aromatic heterocycles. The van der Waals surface area contributed by atoms with Crippen molar-refractivity contribution in [1.82, 2.24) is 14.9 Å². The van der Waals surface area contributed by atoms with Gasteiger partial charge in [-0.2, -0.15) is 0 Å². The van der Waals surface area contributed by atoms with Gasteiger partial charge in [-0.15, -0.1) is 0 Å². The van der Waals surface area contributed by atoms with E-state index in [2.05, 4.69) is 41.1 Å². The van der Waals surface area contributed by atoms with Crippen LogP contribution in [0.1, 0.15) is 19.2 Å². The first-order valence-corrected chi connectivity index (χ1v) is 7.61. The topological polar surface area (TPSA) is 39.1 Å². The van der Waals surface area contributed by atoms with Gasteiger partial charge in [0.1, 0.15) is 5.82 Å². The molecule has 4 heteroatoms. The molecule has 1 aliphatic heterocycles. The molecule has 20 heavy (non-hydrogen) atoms. The van der Waals surface area contributed by atoms with Gasteiger partial charge in [0.15, 0.2) is 0 Å². The van der Waals surface area contributed by atoms with E-state index in [0.29, 0.717) is 5.92 Å². The number of nitrogens with zero attached hydrogens (tertiary/aromatic N) is 2. The van der Waals surface area contributed by atoms with Crippen LogP contribution in [0.15, 0.2) is 24.3 Å². The summed E-state index contributed by atoms with van der Waals surface area (Å²) >= 11 is 0. The zero-order chi connectivity index (χ0) is 13.8. The van der Waals surface area contributed by atoms with E-state index in [1.54, 1.807) is 0 Å². The van der Waals surface area contributed by atoms with Crippen molar-refractivity contribution in [3.8, 4) is 0 Å². The molecule has 2 heterocycles. The molecule has 3 rings (SSSR count). The summed E-state index contributed by atoms with van der Waals surface area (Å²) < 4.78 is 7.74. The molecule has 0 spiro atoms. The van der Waals surface area contributed by atoms with Crippen LogP contribution in [0.25, 0.3) is 11.0 Å². The normalized spacial score (nSPS) is 18.9. The van der Waals surface area contributed by atoms with Crippen molar-refractivity contribution in [1.29, 1.82) is 0 Å². The molecule has 0 saturated carbocycles. The van der Waals surface area contributed by atoms with Crippen LogP contribution in [0, 0.1) is 5.92 Å². The van der Waals surface area contributed by atoms with Gasteiger partial charge >= 0.3 is 0 Å². The maximum atomic E-state index is 5.40. The Hall–Kier alpha value is -1.39. The van der Waals surface area contributed by atoms with Gasteiger partial charge in [0, 0.05) is 32.7 Å². The Morgan fingerprint density at radius 1 is 1.40 bits per heavy atom. The molecule has 108 valence electrons. The minimum absolute atomic E-state index is 0.695. The Labute approximate surface area is 120 Å². The number of para-hydroxylation sites is 2. The van der Waals surface area contributed by atoms with Crippen LogP contribution in [-0.4, -0.2) is 35.9 Å². The number of aromatic nitrogens is 2. The standard InChI is InChI=1S/C16H23N3O/c1-2-16-18-14-5-3-4-6-15(14)19(16)9-8-17-11-13-7-10-20-12-13/h3-6,13,17H,2,7-12H2,1H3. The molecule has 1 aliphatic rings. The summed E-state index contributed by atoms with van der Waals surface area (Å²) in [6, 6.07) is 8.39. The molecule has 0 amide bonds. The van der Waals surface area contributed by atoms with Crippen LogP contribution in [-0.2, 0) is 17.7 Å². The van der Waals surface area contributed by atoms with Gasteiger partial charge in [0.05, 0.1) is 17.6 Å². The van der Waals surface area contributed by atoms with E-state index in [-0.39, 0.29) is 0 Å². The number of benzene rings is 1. The second kappa shape index (κ2) is 6.37. The number of ether oxygens (including phenoxy) is 1. The van der Waals surface area contributed by atoms with E-state index < -0.39 is 0 Å². The van der Waals surface area contributed by atoms with Crippen LogP contribution in [0.5, 0.6) is 0 Å². The number of hydrogen-bond acceptors (Lipinski definition) is 3. The van der Waals surface area contributed by atoms with Crippen LogP contribution in [0.4, 0.5) is 0 Å². The zero-order valence-corrected chi connectivity index (χ0v) is 12.1. The lowest BCUT2D eigenvalue weighted by atomic mass is 10.1. The highest BCUT2D eigenvalue weighted by Crippen LogP contribution is 2.16. The summed E-state index contributed by atoms with van der Waals surface area (Å²) in [5.41, 5.74) is 2.35. The minimum Gasteiger partial charge on any atom is -0.381 e. The summed E-state index contributed by atoms with van der Waals surface area (Å²) in [7, 11) is 0. The van der Waals surface area contributed by atoms with Gasteiger partial charge in [-0.25, -0.2) is 4.98 Å². The summed E-state index contributed by atoms with van der Waals surface area (Å²) in [5.74, 6) is 1.87. The van der Waals surface area contributed by atoms with Crippen LogP contribution in [0.2, 0.25) is 0 Å². The van der Waals surface area contributed by atoms with Crippen molar-refractivity contribution in [2.24, 2.45) is 5.92 Å². The largest absolute Gasteiger partial charge is 0.381 e. The van der Waals surface area contributed by atoms with E-state index >= 15 is 0 Å². The SMILES string of the molecule is CCc1nc2ccccc2n1CCNCC1CCOC1. The third-order valence-corrected chi connectivity index (χ3v) is 4.02. The second-order valence-electron chi connectivity index (χ2n) is 5.46. The van der Waals surface area contributed by atoms with E-state index in [0.717, 1.165) is 44.8 Å². The predicted octanol–water partition coefficient (Wildman–Crippen LogP) is 2.22. The van der Waals surface area contributed by atoms with Gasteiger partial charge in [0.25, 0.3) is 0 Å². The van der Waals surface area contributed by atoms with Gasteiger partial charge in [-0.3, -0.25) is 0 Å². The van der Waals surface area contributed by atoms with Crippen molar-refractivity contribution in [3.63, 3.8) is 0 Å². The fourth-order valence-corrected chi connectivity index (χ4v) is 2.89. The van der Waals surface area contributed by atoms with E-state index in [9.17, 15) is 0 Å². The highest BCUT2D eigenvalue weighted by atomic mass is 16.5. The first-order chi connectivity index (χ1) is 9.88. The van der Waals surface area contributed by atoms with Crippen molar-refractivity contribution >= 4 is 11.0 Å². The maximum Gasteiger partial charge on any atom is 0.109 e. The van der Waals surface area contributed by atoms with Crippen molar-refractivity contribution in [2.75, 3.05) is 26.3 Å². The molecule has 2 aromatic rings. The van der Waals surface area contributed by atoms with Gasteiger partial charge in [0.2, 0.25) is 0 Å². The summed E-state index contributed by atoms with van der Waals surface area (Å²) in [5, 5.41) is 3.55. The van der Waals surface area contributed by atoms with Crippen molar-refractivity contribution in [2.45, 2.75) is 26.3 Å². The fourth-order valence-electron chi connectivity index (χ4n) is 2.89. The van der Waals surface area contributed by atoms with Crippen LogP contribution in [0.3, 0.4) is 0 Å². The third kappa shape index (κ3) is 2.86. The van der Waals surface area contributed by atoms with Crippen molar-refractivity contribution in [3.05, 3.63) is 30.1 Å². The summed E-state index contributed by atoms with van der Waals surface area (Å²) in [6.45, 7) is 7.05. The number of imidazole rings is 1. The smallest absolute Gasteiger partial charge is 0.109 e. The predicted molar refractivity (Wildman–Crippen MR) is 80.9 cm³/mol. The highest BCUT2D eigenvalue weighted by molar-refractivity contribution is 5.75. The molecule has 4 nitrogen and oxygen atoms in total. The number of hydrogen-bond donors (Lipinski definition) is 1. The lowest BCUT2D eigenvalue weighted by Crippen LogP contribution is -2.27. The number of fused-ring (bicyclic) bond motifs is 1. The quantitative estimate of drug-likeness (QED) is 0.820. The number of rotatable bonds is 6. The minimum atomic E-state index is 0.695. The summed E-state index contributed by atoms with van der Waals surface area (Å²) in [6.07, 6.45) is 2.17. The Kier molecular flexibility index (Phi) is 4.33. The first kappa shape index (κ1) is 13.6. The van der Waals surface area contributed by atoms with Gasteiger partial charge in [-0.1, -0.05) is 19.1 Å². The lowest BCUT2D eigenvalue weighted by Gasteiger charge is -2.11. The average molecular weight is 273 g/mol. The maximum absolute atomic E-state index is 5.40. The molecule has 1 saturated heterocycles. The Balaban J connectivity index is 1.61. The van der Waals surface area contributed by atoms with E-state index in [1.165, 1.54) is 17.8 Å². The van der Waals surface area contributed by atoms with E-state index in [4.69, 9.17) is 9.72 Å². The molecule has 1 fully saturated rings. The zero-order valence-electron chi connectivity index (χ0n) is 12.1. The monoisotopic (exact) mass is 273 g/mol. The molecular formula is C16H23N3O. The van der Waals surface area contributed by atoms with Crippen LogP contribution < -0.4 is 5.32 Å². The fraction of sp³-hybridized carbons (Fsp3) is 0.562. The van der Waals surface area contributed by atoms with Crippen LogP contribution >= 0.6 is 0 Å². The molecule has 1 unspecified atom stereocenters. The molecule has 1 atom stereocenters. The molecule has 0 radical (unpaired) electrons. The first-order valence-electron chi connectivity index (χ1n) is 7.61. The molecule has 0 aliphatic carbocycles. The average Bonchev–Trinajstić information content (AvgIpc) is 3.11. The lowest BCUT2D eigenvalue weighted by molar-refractivity contribution is 0.185. The molecule has 1 aromatic carbocycles. The molecule has 0 bridgehead atoms. The van der Waals surface area contributed by atoms with E-state index in [1.807, 2.05) is 0 Å². The van der Waals surface area contributed by atoms with Crippen molar-refractivity contribution < 1.29 is 4.74 Å². The van der Waals surface area contributed by atoms with Gasteiger partial charge in [-0.05, 0) is 24.5 Å². The molecular weight excluding hydrogens is 250 g/mol.